The average molecular weight is 320 g/mol. The van der Waals surface area contributed by atoms with Gasteiger partial charge in [-0.15, -0.1) is 0 Å². The summed E-state index contributed by atoms with van der Waals surface area (Å²) in [5.41, 5.74) is 1.53. The third-order valence-electron chi connectivity index (χ3n) is 3.63. The van der Waals surface area contributed by atoms with Gasteiger partial charge in [-0.3, -0.25) is 4.57 Å². The largest absolute Gasteiger partial charge is 0.402 e. The van der Waals surface area contributed by atoms with Gasteiger partial charge in [-0.05, 0) is 41.5 Å². The van der Waals surface area contributed by atoms with Crippen molar-refractivity contribution >= 4 is 14.4 Å². The molecule has 1 radical (unpaired) electrons. The van der Waals surface area contributed by atoms with Crippen molar-refractivity contribution in [3.63, 3.8) is 0 Å². The molecule has 0 N–H and O–H groups in total. The first-order valence-electron chi connectivity index (χ1n) is 7.32. The van der Waals surface area contributed by atoms with Crippen LogP contribution in [0.2, 0.25) is 0 Å². The third kappa shape index (κ3) is 3.60. The fourth-order valence-electron chi connectivity index (χ4n) is 2.42. The molecule has 0 aliphatic heterocycles. The first-order valence-corrected chi connectivity index (χ1v) is 8.68. The second-order valence-corrected chi connectivity index (χ2v) is 7.12. The van der Waals surface area contributed by atoms with Gasteiger partial charge in [0.05, 0.1) is 0 Å². The molecule has 0 atom stereocenters. The highest BCUT2D eigenvalue weighted by molar-refractivity contribution is 6.64. The van der Waals surface area contributed by atoms with Crippen LogP contribution in [0.5, 0.6) is 0 Å². The van der Waals surface area contributed by atoms with E-state index in [1.54, 1.807) is 13.2 Å². The van der Waals surface area contributed by atoms with Crippen molar-refractivity contribution < 1.29 is 13.2 Å². The van der Waals surface area contributed by atoms with Crippen LogP contribution in [0.1, 0.15) is 13.8 Å². The maximum absolute atomic E-state index is 13.3. The van der Waals surface area contributed by atoms with E-state index in [-0.39, 0.29) is 0 Å². The van der Waals surface area contributed by atoms with Crippen molar-refractivity contribution in [3.8, 4) is 11.1 Å². The molecule has 22 heavy (non-hydrogen) atoms. The summed E-state index contributed by atoms with van der Waals surface area (Å²) in [4.78, 5) is 0. The molecule has 0 bridgehead atoms. The van der Waals surface area contributed by atoms with Gasteiger partial charge in [0.15, 0.2) is 11.6 Å². The monoisotopic (exact) mass is 320 g/mol. The molecular weight excluding hydrogens is 300 g/mol. The van der Waals surface area contributed by atoms with E-state index in [4.69, 9.17) is 4.43 Å². The highest BCUT2D eigenvalue weighted by Crippen LogP contribution is 2.20. The lowest BCUT2D eigenvalue weighted by Gasteiger charge is -2.25. The molecule has 2 aromatic carbocycles. The van der Waals surface area contributed by atoms with Gasteiger partial charge in [0.2, 0.25) is 0 Å². The standard InChI is InChI=1S/C17H20F2NOSi/c1-4-20(5-2)22(21-3)15-9-6-13(7-10-15)14-8-11-16(18)17(19)12-14/h6-12H,4-5H2,1-3H3. The molecule has 2 rings (SSSR count). The molecule has 0 fully saturated rings. The Kier molecular flexibility index (Phi) is 5.82. The quantitative estimate of drug-likeness (QED) is 0.757. The Bertz CT molecular complexity index is 615. The van der Waals surface area contributed by atoms with Gasteiger partial charge in [0, 0.05) is 7.11 Å². The minimum atomic E-state index is -1.22. The molecule has 0 aliphatic carbocycles. The van der Waals surface area contributed by atoms with Crippen LogP contribution in [0.3, 0.4) is 0 Å². The van der Waals surface area contributed by atoms with Crippen LogP contribution in [-0.4, -0.2) is 34.0 Å². The summed E-state index contributed by atoms with van der Waals surface area (Å²) in [5.74, 6) is -1.65. The van der Waals surface area contributed by atoms with Gasteiger partial charge in [0.1, 0.15) is 0 Å². The second kappa shape index (κ2) is 7.62. The Morgan fingerprint density at radius 3 is 2.00 bits per heavy atom. The van der Waals surface area contributed by atoms with Crippen LogP contribution >= 0.6 is 0 Å². The smallest absolute Gasteiger partial charge is 0.343 e. The van der Waals surface area contributed by atoms with Gasteiger partial charge in [-0.1, -0.05) is 44.2 Å². The Balaban J connectivity index is 2.27. The van der Waals surface area contributed by atoms with E-state index in [0.717, 1.165) is 29.9 Å². The van der Waals surface area contributed by atoms with Crippen LogP contribution in [0, 0.1) is 11.6 Å². The van der Waals surface area contributed by atoms with E-state index in [1.165, 1.54) is 6.07 Å². The maximum atomic E-state index is 13.3. The zero-order chi connectivity index (χ0) is 16.1. The summed E-state index contributed by atoms with van der Waals surface area (Å²) in [6.45, 7) is 6.10. The molecule has 0 saturated heterocycles. The molecule has 0 aromatic heterocycles. The number of hydrogen-bond acceptors (Lipinski definition) is 2. The van der Waals surface area contributed by atoms with Crippen molar-refractivity contribution in [2.45, 2.75) is 13.8 Å². The average Bonchev–Trinajstić information content (AvgIpc) is 2.55. The normalized spacial score (nSPS) is 11.4. The fraction of sp³-hybridized carbons (Fsp3) is 0.294. The molecule has 2 aromatic rings. The van der Waals surface area contributed by atoms with Gasteiger partial charge in [0.25, 0.3) is 0 Å². The van der Waals surface area contributed by atoms with Crippen molar-refractivity contribution in [2.75, 3.05) is 20.2 Å². The minimum Gasteiger partial charge on any atom is -0.402 e. The lowest BCUT2D eigenvalue weighted by atomic mass is 10.1. The predicted octanol–water partition coefficient (Wildman–Crippen LogP) is 3.32. The van der Waals surface area contributed by atoms with Gasteiger partial charge >= 0.3 is 9.20 Å². The molecule has 0 unspecified atom stereocenters. The SMILES string of the molecule is CCN(CC)[Si](OC)c1ccc(-c2ccc(F)c(F)c2)cc1. The Morgan fingerprint density at radius 2 is 1.50 bits per heavy atom. The number of nitrogens with zero attached hydrogens (tertiary/aromatic N) is 1. The van der Waals surface area contributed by atoms with Crippen molar-refractivity contribution in [2.24, 2.45) is 0 Å². The Morgan fingerprint density at radius 1 is 0.909 bits per heavy atom. The third-order valence-corrected chi connectivity index (χ3v) is 6.05. The van der Waals surface area contributed by atoms with E-state index < -0.39 is 20.8 Å². The maximum Gasteiger partial charge on any atom is 0.343 e. The molecule has 5 heteroatoms. The topological polar surface area (TPSA) is 12.5 Å². The summed E-state index contributed by atoms with van der Waals surface area (Å²) in [6.07, 6.45) is 0. The number of benzene rings is 2. The summed E-state index contributed by atoms with van der Waals surface area (Å²) >= 11 is 0. The molecule has 0 spiro atoms. The second-order valence-electron chi connectivity index (χ2n) is 4.89. The zero-order valence-corrected chi connectivity index (χ0v) is 14.1. The van der Waals surface area contributed by atoms with Crippen LogP contribution in [0.15, 0.2) is 42.5 Å². The Labute approximate surface area is 132 Å². The summed E-state index contributed by atoms with van der Waals surface area (Å²) in [7, 11) is 0.517. The molecule has 117 valence electrons. The Hall–Kier alpha value is -1.56. The van der Waals surface area contributed by atoms with E-state index in [9.17, 15) is 8.78 Å². The van der Waals surface area contributed by atoms with E-state index in [0.29, 0.717) is 5.56 Å². The highest BCUT2D eigenvalue weighted by atomic mass is 28.3. The zero-order valence-electron chi connectivity index (χ0n) is 13.1. The van der Waals surface area contributed by atoms with Crippen LogP contribution in [0.25, 0.3) is 11.1 Å². The summed E-state index contributed by atoms with van der Waals surface area (Å²) in [6, 6.07) is 11.8. The molecule has 0 heterocycles. The number of halogens is 2. The van der Waals surface area contributed by atoms with E-state index in [2.05, 4.69) is 18.4 Å². The molecule has 0 amide bonds. The summed E-state index contributed by atoms with van der Waals surface area (Å²) in [5, 5.41) is 1.14. The summed E-state index contributed by atoms with van der Waals surface area (Å²) < 4.78 is 34.3. The first kappa shape index (κ1) is 16.8. The van der Waals surface area contributed by atoms with Gasteiger partial charge < -0.3 is 4.43 Å². The molecular formula is C17H20F2NOSi. The highest BCUT2D eigenvalue weighted by Gasteiger charge is 2.22. The van der Waals surface area contributed by atoms with Crippen molar-refractivity contribution in [3.05, 3.63) is 54.1 Å². The van der Waals surface area contributed by atoms with Crippen molar-refractivity contribution in [1.82, 2.24) is 4.57 Å². The molecule has 0 aliphatic rings. The number of hydrogen-bond donors (Lipinski definition) is 0. The van der Waals surface area contributed by atoms with Crippen LogP contribution < -0.4 is 5.19 Å². The molecule has 0 saturated carbocycles. The minimum absolute atomic E-state index is 0.666. The predicted molar refractivity (Wildman–Crippen MR) is 87.1 cm³/mol. The fourth-order valence-corrected chi connectivity index (χ4v) is 4.31. The van der Waals surface area contributed by atoms with Gasteiger partial charge in [-0.25, -0.2) is 8.78 Å². The van der Waals surface area contributed by atoms with Crippen molar-refractivity contribution in [1.29, 1.82) is 0 Å². The number of rotatable bonds is 6. The van der Waals surface area contributed by atoms with Crippen LogP contribution in [0.4, 0.5) is 8.78 Å². The van der Waals surface area contributed by atoms with E-state index >= 15 is 0 Å². The lowest BCUT2D eigenvalue weighted by molar-refractivity contribution is 0.339. The first-order chi connectivity index (χ1) is 10.6. The lowest BCUT2D eigenvalue weighted by Crippen LogP contribution is -2.49. The van der Waals surface area contributed by atoms with E-state index in [1.807, 2.05) is 24.3 Å². The van der Waals surface area contributed by atoms with Crippen LogP contribution in [-0.2, 0) is 4.43 Å². The van der Waals surface area contributed by atoms with Gasteiger partial charge in [-0.2, -0.15) is 0 Å². The molecule has 2 nitrogen and oxygen atoms in total.